The van der Waals surface area contributed by atoms with Crippen LogP contribution in [0.1, 0.15) is 42.0 Å². The molecule has 2 aromatic carbocycles. The Morgan fingerprint density at radius 1 is 1.17 bits per heavy atom. The lowest BCUT2D eigenvalue weighted by molar-refractivity contribution is 0.0881. The summed E-state index contributed by atoms with van der Waals surface area (Å²) in [7, 11) is 1.67. The van der Waals surface area contributed by atoms with Gasteiger partial charge in [0, 0.05) is 35.7 Å². The van der Waals surface area contributed by atoms with E-state index in [0.717, 1.165) is 65.9 Å². The molecule has 0 bridgehead atoms. The summed E-state index contributed by atoms with van der Waals surface area (Å²) in [6, 6.07) is 11.9. The van der Waals surface area contributed by atoms with Crippen LogP contribution >= 0.6 is 0 Å². The van der Waals surface area contributed by atoms with Gasteiger partial charge in [0.2, 0.25) is 0 Å². The fourth-order valence-corrected chi connectivity index (χ4v) is 4.00. The lowest BCUT2D eigenvalue weighted by Gasteiger charge is -2.30. The number of ether oxygens (including phenoxy) is 2. The molecular weight excluding hydrogens is 366 g/mol. The average Bonchev–Trinajstić information content (AvgIpc) is 2.73. The van der Waals surface area contributed by atoms with E-state index in [9.17, 15) is 4.79 Å². The highest BCUT2D eigenvalue weighted by Gasteiger charge is 2.23. The van der Waals surface area contributed by atoms with Crippen molar-refractivity contribution in [3.8, 4) is 11.5 Å². The molecule has 152 valence electrons. The number of fused-ring (bicyclic) bond motifs is 2. The molecule has 0 unspecified atom stereocenters. The molecule has 0 aliphatic carbocycles. The molecule has 3 aromatic rings. The molecule has 1 aliphatic heterocycles. The maximum atomic E-state index is 12.1. The van der Waals surface area contributed by atoms with Crippen molar-refractivity contribution in [3.63, 3.8) is 0 Å². The molecule has 29 heavy (non-hydrogen) atoms. The fourth-order valence-electron chi connectivity index (χ4n) is 4.00. The second kappa shape index (κ2) is 8.29. The van der Waals surface area contributed by atoms with Crippen LogP contribution in [-0.2, 0) is 19.5 Å². The van der Waals surface area contributed by atoms with E-state index < -0.39 is 0 Å². The Bertz CT molecular complexity index is 1070. The maximum Gasteiger partial charge on any atom is 0.336 e. The summed E-state index contributed by atoms with van der Waals surface area (Å²) < 4.78 is 16.9. The van der Waals surface area contributed by atoms with Crippen molar-refractivity contribution in [3.05, 3.63) is 69.1 Å². The zero-order valence-electron chi connectivity index (χ0n) is 17.3. The summed E-state index contributed by atoms with van der Waals surface area (Å²) in [6.45, 7) is 6.24. The first-order chi connectivity index (χ1) is 14.1. The number of methoxy groups -OCH3 is 1. The van der Waals surface area contributed by atoms with Gasteiger partial charge >= 0.3 is 5.63 Å². The predicted octanol–water partition coefficient (Wildman–Crippen LogP) is 4.80. The molecular formula is C24H27NO4. The van der Waals surface area contributed by atoms with Crippen LogP contribution in [0.4, 0.5) is 0 Å². The van der Waals surface area contributed by atoms with E-state index in [2.05, 4.69) is 30.0 Å². The molecule has 0 spiro atoms. The number of unbranched alkanes of at least 4 members (excludes halogenated alkanes) is 1. The van der Waals surface area contributed by atoms with E-state index in [4.69, 9.17) is 13.9 Å². The van der Waals surface area contributed by atoms with Crippen molar-refractivity contribution in [2.45, 2.75) is 46.2 Å². The lowest BCUT2D eigenvalue weighted by Crippen LogP contribution is -2.32. The number of hydrogen-bond donors (Lipinski definition) is 0. The summed E-state index contributed by atoms with van der Waals surface area (Å²) in [6.07, 6.45) is 3.02. The van der Waals surface area contributed by atoms with E-state index in [0.29, 0.717) is 12.3 Å². The Labute approximate surface area is 170 Å². The first-order valence-corrected chi connectivity index (χ1v) is 10.2. The Morgan fingerprint density at radius 3 is 2.69 bits per heavy atom. The largest absolute Gasteiger partial charge is 0.497 e. The first-order valence-electron chi connectivity index (χ1n) is 10.2. The van der Waals surface area contributed by atoms with Crippen LogP contribution in [0.2, 0.25) is 0 Å². The molecule has 0 amide bonds. The zero-order valence-corrected chi connectivity index (χ0v) is 17.3. The van der Waals surface area contributed by atoms with Gasteiger partial charge in [0.1, 0.15) is 23.8 Å². The highest BCUT2D eigenvalue weighted by molar-refractivity contribution is 5.86. The number of hydrogen-bond acceptors (Lipinski definition) is 5. The minimum Gasteiger partial charge on any atom is -0.497 e. The highest BCUT2D eigenvalue weighted by atomic mass is 16.5. The van der Waals surface area contributed by atoms with Crippen LogP contribution in [0.5, 0.6) is 11.5 Å². The van der Waals surface area contributed by atoms with Crippen molar-refractivity contribution >= 4 is 11.0 Å². The van der Waals surface area contributed by atoms with Crippen molar-refractivity contribution in [2.24, 2.45) is 0 Å². The Balaban J connectivity index is 1.65. The van der Waals surface area contributed by atoms with Gasteiger partial charge in [0.15, 0.2) is 0 Å². The van der Waals surface area contributed by atoms with E-state index >= 15 is 0 Å². The SMILES string of the molecule is CCCCc1cc(=O)oc2c(C)c3c(cc12)CN(Cc1ccc(OC)cc1)CO3. The van der Waals surface area contributed by atoms with Crippen molar-refractivity contribution in [1.29, 1.82) is 0 Å². The molecule has 0 fully saturated rings. The second-order valence-electron chi connectivity index (χ2n) is 7.67. The fraction of sp³-hybridized carbons (Fsp3) is 0.375. The van der Waals surface area contributed by atoms with E-state index in [1.807, 2.05) is 19.1 Å². The molecule has 0 saturated carbocycles. The van der Waals surface area contributed by atoms with Gasteiger partial charge in [-0.05, 0) is 49.1 Å². The number of benzene rings is 2. The minimum atomic E-state index is -0.288. The predicted molar refractivity (Wildman–Crippen MR) is 114 cm³/mol. The van der Waals surface area contributed by atoms with Gasteiger partial charge in [-0.25, -0.2) is 4.79 Å². The van der Waals surface area contributed by atoms with Crippen LogP contribution in [0.15, 0.2) is 45.6 Å². The summed E-state index contributed by atoms with van der Waals surface area (Å²) in [5.74, 6) is 1.71. The quantitative estimate of drug-likeness (QED) is 0.563. The summed E-state index contributed by atoms with van der Waals surface area (Å²) in [5.41, 5.74) is 4.70. The molecule has 0 atom stereocenters. The van der Waals surface area contributed by atoms with Crippen molar-refractivity contribution in [2.75, 3.05) is 13.8 Å². The smallest absolute Gasteiger partial charge is 0.336 e. The summed E-state index contributed by atoms with van der Waals surface area (Å²) in [5, 5.41) is 1.03. The normalized spacial score (nSPS) is 13.9. The van der Waals surface area contributed by atoms with E-state index in [1.54, 1.807) is 13.2 Å². The summed E-state index contributed by atoms with van der Waals surface area (Å²) in [4.78, 5) is 14.3. The van der Waals surface area contributed by atoms with Gasteiger partial charge in [-0.15, -0.1) is 0 Å². The molecule has 0 saturated heterocycles. The summed E-state index contributed by atoms with van der Waals surface area (Å²) >= 11 is 0. The van der Waals surface area contributed by atoms with Gasteiger partial charge in [-0.1, -0.05) is 25.5 Å². The lowest BCUT2D eigenvalue weighted by atomic mass is 9.98. The Kier molecular flexibility index (Phi) is 5.58. The number of aryl methyl sites for hydroxylation is 2. The van der Waals surface area contributed by atoms with Gasteiger partial charge in [0.25, 0.3) is 0 Å². The van der Waals surface area contributed by atoms with Crippen molar-refractivity contribution in [1.82, 2.24) is 4.90 Å². The van der Waals surface area contributed by atoms with Gasteiger partial charge in [-0.2, -0.15) is 0 Å². The van der Waals surface area contributed by atoms with Crippen LogP contribution in [0, 0.1) is 6.92 Å². The monoisotopic (exact) mass is 393 g/mol. The highest BCUT2D eigenvalue weighted by Crippen LogP contribution is 2.36. The third-order valence-corrected chi connectivity index (χ3v) is 5.53. The molecule has 4 rings (SSSR count). The number of nitrogens with zero attached hydrogens (tertiary/aromatic N) is 1. The second-order valence-corrected chi connectivity index (χ2v) is 7.67. The Hall–Kier alpha value is -2.79. The molecule has 5 heteroatoms. The zero-order chi connectivity index (χ0) is 20.4. The van der Waals surface area contributed by atoms with Crippen LogP contribution in [0.25, 0.3) is 11.0 Å². The van der Waals surface area contributed by atoms with Gasteiger partial charge in [-0.3, -0.25) is 4.90 Å². The van der Waals surface area contributed by atoms with Gasteiger partial charge < -0.3 is 13.9 Å². The molecule has 1 aliphatic rings. The molecule has 1 aromatic heterocycles. The minimum absolute atomic E-state index is 0.288. The molecule has 0 radical (unpaired) electrons. The number of rotatable bonds is 6. The molecule has 2 heterocycles. The topological polar surface area (TPSA) is 51.9 Å². The van der Waals surface area contributed by atoms with E-state index in [-0.39, 0.29) is 5.63 Å². The van der Waals surface area contributed by atoms with Crippen LogP contribution in [0.3, 0.4) is 0 Å². The first kappa shape index (κ1) is 19.5. The third-order valence-electron chi connectivity index (χ3n) is 5.53. The average molecular weight is 393 g/mol. The van der Waals surface area contributed by atoms with Crippen LogP contribution < -0.4 is 15.1 Å². The Morgan fingerprint density at radius 2 is 1.97 bits per heavy atom. The maximum absolute atomic E-state index is 12.1. The van der Waals surface area contributed by atoms with Crippen LogP contribution in [-0.4, -0.2) is 18.7 Å². The van der Waals surface area contributed by atoms with Gasteiger partial charge in [0.05, 0.1) is 7.11 Å². The van der Waals surface area contributed by atoms with Crippen molar-refractivity contribution < 1.29 is 13.9 Å². The molecule has 0 N–H and O–H groups in total. The van der Waals surface area contributed by atoms with E-state index in [1.165, 1.54) is 5.56 Å². The third kappa shape index (κ3) is 4.01. The molecule has 5 nitrogen and oxygen atoms in total. The standard InChI is InChI=1S/C24H27NO4/c1-4-5-6-18-12-22(26)29-24-16(2)23-19(11-21(18)24)14-25(15-28-23)13-17-7-9-20(27-3)10-8-17/h7-12H,4-6,13-15H2,1-3H3.